The molecule has 0 amide bonds. The third-order valence-electron chi connectivity index (χ3n) is 2.62. The normalized spacial score (nSPS) is 10.9. The van der Waals surface area contributed by atoms with Crippen LogP contribution in [0.5, 0.6) is 0 Å². The minimum Gasteiger partial charge on any atom is -0.357 e. The predicted molar refractivity (Wildman–Crippen MR) is 63.7 cm³/mol. The molecule has 0 aliphatic heterocycles. The lowest BCUT2D eigenvalue weighted by Crippen LogP contribution is -2.07. The van der Waals surface area contributed by atoms with E-state index >= 15 is 0 Å². The minimum absolute atomic E-state index is 0.0850. The molecule has 0 radical (unpaired) electrons. The summed E-state index contributed by atoms with van der Waals surface area (Å²) in [6.07, 6.45) is 0.897. The Bertz CT molecular complexity index is 572. The molecule has 1 aromatic carbocycles. The smallest absolute Gasteiger partial charge is 0.208 e. The van der Waals surface area contributed by atoms with Crippen LogP contribution >= 0.6 is 11.6 Å². The van der Waals surface area contributed by atoms with Gasteiger partial charge in [-0.3, -0.25) is 4.79 Å². The summed E-state index contributed by atoms with van der Waals surface area (Å²) in [7, 11) is 0. The Balaban J connectivity index is 2.98. The molecule has 3 heteroatoms. The first-order valence-electron chi connectivity index (χ1n) is 4.95. The number of aromatic amines is 1. The van der Waals surface area contributed by atoms with Gasteiger partial charge in [0.2, 0.25) is 5.43 Å². The second-order valence-electron chi connectivity index (χ2n) is 3.59. The standard InChI is InChI=1S/C12H12ClNO/c1-3-8-5-4-6-9-11(8)14-7(2)10(13)12(9)15/h4-6H,3H2,1-2H3,(H,14,15). The maximum atomic E-state index is 11.9. The van der Waals surface area contributed by atoms with Crippen LogP contribution in [0, 0.1) is 6.92 Å². The fourth-order valence-corrected chi connectivity index (χ4v) is 1.91. The first kappa shape index (κ1) is 10.2. The van der Waals surface area contributed by atoms with Crippen molar-refractivity contribution in [2.24, 2.45) is 0 Å². The first-order chi connectivity index (χ1) is 7.15. The maximum absolute atomic E-state index is 11.9. The lowest BCUT2D eigenvalue weighted by atomic mass is 10.1. The second kappa shape index (κ2) is 3.70. The van der Waals surface area contributed by atoms with Crippen LogP contribution in [0.1, 0.15) is 18.2 Å². The van der Waals surface area contributed by atoms with E-state index in [1.807, 2.05) is 19.1 Å². The summed E-state index contributed by atoms with van der Waals surface area (Å²) >= 11 is 5.91. The van der Waals surface area contributed by atoms with Crippen molar-refractivity contribution in [3.8, 4) is 0 Å². The highest BCUT2D eigenvalue weighted by Crippen LogP contribution is 2.18. The highest BCUT2D eigenvalue weighted by atomic mass is 35.5. The van der Waals surface area contributed by atoms with Crippen molar-refractivity contribution in [2.45, 2.75) is 20.3 Å². The third-order valence-corrected chi connectivity index (χ3v) is 3.07. The van der Waals surface area contributed by atoms with E-state index in [0.29, 0.717) is 5.39 Å². The van der Waals surface area contributed by atoms with Crippen LogP contribution in [0.4, 0.5) is 0 Å². The van der Waals surface area contributed by atoms with Gasteiger partial charge in [-0.15, -0.1) is 0 Å². The molecule has 0 unspecified atom stereocenters. The van der Waals surface area contributed by atoms with Gasteiger partial charge in [-0.25, -0.2) is 0 Å². The number of aryl methyl sites for hydroxylation is 2. The molecule has 1 aromatic heterocycles. The van der Waals surface area contributed by atoms with Crippen molar-refractivity contribution >= 4 is 22.5 Å². The van der Waals surface area contributed by atoms with Gasteiger partial charge in [0.05, 0.1) is 5.52 Å². The molecule has 0 saturated heterocycles. The summed E-state index contributed by atoms with van der Waals surface area (Å²) in [5.41, 5.74) is 2.70. The summed E-state index contributed by atoms with van der Waals surface area (Å²) in [6.45, 7) is 3.88. The zero-order valence-electron chi connectivity index (χ0n) is 8.73. The van der Waals surface area contributed by atoms with E-state index in [2.05, 4.69) is 11.9 Å². The van der Waals surface area contributed by atoms with Crippen LogP contribution in [0.15, 0.2) is 23.0 Å². The lowest BCUT2D eigenvalue weighted by Gasteiger charge is -2.06. The number of nitrogens with one attached hydrogen (secondary N) is 1. The Labute approximate surface area is 92.9 Å². The van der Waals surface area contributed by atoms with Gasteiger partial charge in [0.1, 0.15) is 5.02 Å². The van der Waals surface area contributed by atoms with Crippen molar-refractivity contribution < 1.29 is 0 Å². The summed E-state index contributed by atoms with van der Waals surface area (Å²) in [5.74, 6) is 0. The molecule has 0 aliphatic rings. The van der Waals surface area contributed by atoms with Crippen LogP contribution in [0.3, 0.4) is 0 Å². The van der Waals surface area contributed by atoms with Gasteiger partial charge in [-0.1, -0.05) is 30.7 Å². The summed E-state index contributed by atoms with van der Waals surface area (Å²) in [5, 5.41) is 0.959. The van der Waals surface area contributed by atoms with E-state index in [0.717, 1.165) is 23.2 Å². The average molecular weight is 222 g/mol. The first-order valence-corrected chi connectivity index (χ1v) is 5.33. The van der Waals surface area contributed by atoms with Gasteiger partial charge in [-0.05, 0) is 25.0 Å². The second-order valence-corrected chi connectivity index (χ2v) is 3.96. The van der Waals surface area contributed by atoms with Gasteiger partial charge >= 0.3 is 0 Å². The number of aromatic nitrogens is 1. The minimum atomic E-state index is -0.0850. The predicted octanol–water partition coefficient (Wildman–Crippen LogP) is 3.05. The van der Waals surface area contributed by atoms with E-state index in [4.69, 9.17) is 11.6 Å². The topological polar surface area (TPSA) is 32.9 Å². The number of para-hydroxylation sites is 1. The summed E-state index contributed by atoms with van der Waals surface area (Å²) in [6, 6.07) is 5.71. The maximum Gasteiger partial charge on any atom is 0.208 e. The molecule has 0 spiro atoms. The molecule has 0 saturated carbocycles. The molecule has 0 bridgehead atoms. The van der Waals surface area contributed by atoms with E-state index in [9.17, 15) is 4.79 Å². The Hall–Kier alpha value is -1.28. The molecule has 0 atom stereocenters. The molecule has 78 valence electrons. The molecule has 2 aromatic rings. The Morgan fingerprint density at radius 2 is 2.13 bits per heavy atom. The van der Waals surface area contributed by atoms with Crippen molar-refractivity contribution in [1.29, 1.82) is 0 Å². The molecule has 2 nitrogen and oxygen atoms in total. The molecular weight excluding hydrogens is 210 g/mol. The molecule has 2 rings (SSSR count). The molecule has 1 N–H and O–H groups in total. The van der Waals surface area contributed by atoms with Crippen molar-refractivity contribution in [3.05, 3.63) is 44.7 Å². The van der Waals surface area contributed by atoms with E-state index in [1.54, 1.807) is 6.07 Å². The highest BCUT2D eigenvalue weighted by molar-refractivity contribution is 6.31. The largest absolute Gasteiger partial charge is 0.357 e. The number of hydrogen-bond donors (Lipinski definition) is 1. The SMILES string of the molecule is CCc1cccc2c(=O)c(Cl)c(C)[nH]c12. The fourth-order valence-electron chi connectivity index (χ4n) is 1.76. The quantitative estimate of drug-likeness (QED) is 0.789. The summed E-state index contributed by atoms with van der Waals surface area (Å²) in [4.78, 5) is 15.1. The van der Waals surface area contributed by atoms with Gasteiger partial charge in [0.25, 0.3) is 0 Å². The lowest BCUT2D eigenvalue weighted by molar-refractivity contribution is 1.13. The van der Waals surface area contributed by atoms with Crippen molar-refractivity contribution in [3.63, 3.8) is 0 Å². The van der Waals surface area contributed by atoms with Crippen LogP contribution in [-0.4, -0.2) is 4.98 Å². The molecular formula is C12H12ClNO. The number of fused-ring (bicyclic) bond motifs is 1. The van der Waals surface area contributed by atoms with Crippen molar-refractivity contribution in [2.75, 3.05) is 0 Å². The summed E-state index contributed by atoms with van der Waals surface area (Å²) < 4.78 is 0. The Morgan fingerprint density at radius 3 is 2.80 bits per heavy atom. The van der Waals surface area contributed by atoms with Crippen LogP contribution in [0.2, 0.25) is 5.02 Å². The van der Waals surface area contributed by atoms with E-state index < -0.39 is 0 Å². The molecule has 1 heterocycles. The number of hydrogen-bond acceptors (Lipinski definition) is 1. The number of rotatable bonds is 1. The van der Waals surface area contributed by atoms with Gasteiger partial charge in [-0.2, -0.15) is 0 Å². The van der Waals surface area contributed by atoms with E-state index in [1.165, 1.54) is 0 Å². The zero-order valence-corrected chi connectivity index (χ0v) is 9.48. The van der Waals surface area contributed by atoms with Crippen LogP contribution < -0.4 is 5.43 Å². The monoisotopic (exact) mass is 221 g/mol. The van der Waals surface area contributed by atoms with Crippen LogP contribution in [-0.2, 0) is 6.42 Å². The van der Waals surface area contributed by atoms with Gasteiger partial charge in [0, 0.05) is 11.1 Å². The third kappa shape index (κ3) is 1.55. The number of H-pyrrole nitrogens is 1. The van der Waals surface area contributed by atoms with E-state index in [-0.39, 0.29) is 10.5 Å². The Morgan fingerprint density at radius 1 is 1.40 bits per heavy atom. The van der Waals surface area contributed by atoms with Crippen LogP contribution in [0.25, 0.3) is 10.9 Å². The van der Waals surface area contributed by atoms with Crippen molar-refractivity contribution in [1.82, 2.24) is 4.98 Å². The molecule has 0 aliphatic carbocycles. The zero-order chi connectivity index (χ0) is 11.0. The van der Waals surface area contributed by atoms with Gasteiger partial charge < -0.3 is 4.98 Å². The highest BCUT2D eigenvalue weighted by Gasteiger charge is 2.08. The average Bonchev–Trinajstić information content (AvgIpc) is 2.25. The fraction of sp³-hybridized carbons (Fsp3) is 0.250. The van der Waals surface area contributed by atoms with Gasteiger partial charge in [0.15, 0.2) is 0 Å². The number of pyridine rings is 1. The molecule has 0 fully saturated rings. The Kier molecular flexibility index (Phi) is 2.53. The molecule has 15 heavy (non-hydrogen) atoms. The number of benzene rings is 1. The number of halogens is 1.